The molecule has 0 heterocycles. The van der Waals surface area contributed by atoms with Crippen LogP contribution in [0.2, 0.25) is 0 Å². The predicted octanol–water partition coefficient (Wildman–Crippen LogP) is 3.57. The van der Waals surface area contributed by atoms with E-state index in [4.69, 9.17) is 9.47 Å². The van der Waals surface area contributed by atoms with E-state index in [1.165, 1.54) is 12.8 Å². The molecule has 5 nitrogen and oxygen atoms in total. The van der Waals surface area contributed by atoms with Gasteiger partial charge in [-0.15, -0.1) is 0 Å². The zero-order valence-electron chi connectivity index (χ0n) is 14.4. The molecule has 2 rings (SSSR count). The van der Waals surface area contributed by atoms with E-state index >= 15 is 0 Å². The Labute approximate surface area is 139 Å². The molecule has 0 aliphatic heterocycles. The molecule has 1 aliphatic rings. The summed E-state index contributed by atoms with van der Waals surface area (Å²) in [6.07, 6.45) is 5.50. The van der Waals surface area contributed by atoms with Gasteiger partial charge in [0.05, 0.1) is 20.8 Å². The van der Waals surface area contributed by atoms with E-state index in [0.29, 0.717) is 19.1 Å². The summed E-state index contributed by atoms with van der Waals surface area (Å²) in [4.78, 5) is 14.5. The molecule has 0 saturated heterocycles. The Balaban J connectivity index is 2.17. The summed E-state index contributed by atoms with van der Waals surface area (Å²) in [5.74, 6) is 1.52. The molecule has 1 N–H and O–H groups in total. The van der Waals surface area contributed by atoms with Crippen molar-refractivity contribution in [3.63, 3.8) is 0 Å². The number of hydrogen-bond donors (Lipinski definition) is 1. The van der Waals surface area contributed by atoms with Crippen LogP contribution in [0.1, 0.15) is 44.6 Å². The molecule has 0 unspecified atom stereocenters. The van der Waals surface area contributed by atoms with Gasteiger partial charge in [0.15, 0.2) is 0 Å². The van der Waals surface area contributed by atoms with E-state index in [1.54, 1.807) is 14.2 Å². The molecule has 0 spiro atoms. The average molecular weight is 320 g/mol. The molecule has 1 saturated carbocycles. The van der Waals surface area contributed by atoms with E-state index in [9.17, 15) is 4.79 Å². The first-order valence-corrected chi connectivity index (χ1v) is 8.45. The first-order valence-electron chi connectivity index (χ1n) is 8.45. The zero-order valence-corrected chi connectivity index (χ0v) is 14.4. The Morgan fingerprint density at radius 2 is 2.00 bits per heavy atom. The second-order valence-corrected chi connectivity index (χ2v) is 5.98. The number of methoxy groups -OCH3 is 2. The van der Waals surface area contributed by atoms with E-state index in [0.717, 1.165) is 36.3 Å². The van der Waals surface area contributed by atoms with Crippen LogP contribution in [0.5, 0.6) is 11.5 Å². The summed E-state index contributed by atoms with van der Waals surface area (Å²) in [5.41, 5.74) is 1.01. The number of ether oxygens (including phenoxy) is 2. The van der Waals surface area contributed by atoms with Gasteiger partial charge < -0.3 is 19.7 Å². The number of hydrogen-bond acceptors (Lipinski definition) is 3. The largest absolute Gasteiger partial charge is 0.497 e. The van der Waals surface area contributed by atoms with Crippen LogP contribution in [0, 0.1) is 0 Å². The van der Waals surface area contributed by atoms with E-state index < -0.39 is 0 Å². The highest BCUT2D eigenvalue weighted by molar-refractivity contribution is 5.74. The van der Waals surface area contributed by atoms with Crippen molar-refractivity contribution in [3.05, 3.63) is 23.8 Å². The van der Waals surface area contributed by atoms with Crippen LogP contribution in [-0.4, -0.2) is 37.7 Å². The lowest BCUT2D eigenvalue weighted by atomic mass is 10.1. The van der Waals surface area contributed by atoms with Crippen LogP contribution in [-0.2, 0) is 6.54 Å². The zero-order chi connectivity index (χ0) is 16.7. The van der Waals surface area contributed by atoms with Gasteiger partial charge in [-0.2, -0.15) is 0 Å². The van der Waals surface area contributed by atoms with Crippen LogP contribution in [0.15, 0.2) is 18.2 Å². The van der Waals surface area contributed by atoms with Gasteiger partial charge in [-0.3, -0.25) is 0 Å². The Morgan fingerprint density at radius 1 is 1.26 bits per heavy atom. The number of carbonyl (C=O) groups excluding carboxylic acids is 1. The van der Waals surface area contributed by atoms with E-state index in [1.807, 2.05) is 23.1 Å². The van der Waals surface area contributed by atoms with Crippen molar-refractivity contribution < 1.29 is 14.3 Å². The highest BCUT2D eigenvalue weighted by Gasteiger charge is 2.27. The third-order valence-electron chi connectivity index (χ3n) is 4.39. The lowest BCUT2D eigenvalue weighted by molar-refractivity contribution is 0.170. The van der Waals surface area contributed by atoms with Crippen LogP contribution in [0.25, 0.3) is 0 Å². The average Bonchev–Trinajstić information content (AvgIpc) is 3.11. The normalized spacial score (nSPS) is 14.6. The SMILES string of the molecule is CCCNC(=O)N(Cc1ccc(OC)cc1OC)C1CCCC1. The second kappa shape index (κ2) is 8.65. The number of amides is 2. The highest BCUT2D eigenvalue weighted by Crippen LogP contribution is 2.29. The number of carbonyl (C=O) groups is 1. The second-order valence-electron chi connectivity index (χ2n) is 5.98. The summed E-state index contributed by atoms with van der Waals surface area (Å²) in [7, 11) is 3.28. The Kier molecular flexibility index (Phi) is 6.56. The third kappa shape index (κ3) is 4.53. The van der Waals surface area contributed by atoms with Crippen LogP contribution >= 0.6 is 0 Å². The molecule has 2 amide bonds. The predicted molar refractivity (Wildman–Crippen MR) is 91.0 cm³/mol. The van der Waals surface area contributed by atoms with Gasteiger partial charge >= 0.3 is 6.03 Å². The lowest BCUT2D eigenvalue weighted by Gasteiger charge is -2.30. The summed E-state index contributed by atoms with van der Waals surface area (Å²) in [5, 5.41) is 3.01. The minimum Gasteiger partial charge on any atom is -0.497 e. The number of benzene rings is 1. The van der Waals surface area contributed by atoms with Crippen molar-refractivity contribution in [2.24, 2.45) is 0 Å². The fraction of sp³-hybridized carbons (Fsp3) is 0.611. The van der Waals surface area contributed by atoms with Crippen molar-refractivity contribution in [2.45, 2.75) is 51.6 Å². The monoisotopic (exact) mass is 320 g/mol. The topological polar surface area (TPSA) is 50.8 Å². The number of urea groups is 1. The molecule has 5 heteroatoms. The smallest absolute Gasteiger partial charge is 0.317 e. The molecule has 23 heavy (non-hydrogen) atoms. The molecule has 0 radical (unpaired) electrons. The molecule has 1 fully saturated rings. The maximum atomic E-state index is 12.6. The third-order valence-corrected chi connectivity index (χ3v) is 4.39. The van der Waals surface area contributed by atoms with E-state index in [2.05, 4.69) is 12.2 Å². The van der Waals surface area contributed by atoms with Crippen molar-refractivity contribution in [3.8, 4) is 11.5 Å². The molecule has 0 bridgehead atoms. The fourth-order valence-corrected chi connectivity index (χ4v) is 3.08. The van der Waals surface area contributed by atoms with Gasteiger partial charge in [-0.25, -0.2) is 4.79 Å². The number of nitrogens with zero attached hydrogens (tertiary/aromatic N) is 1. The van der Waals surface area contributed by atoms with Gasteiger partial charge in [-0.05, 0) is 31.4 Å². The number of nitrogens with one attached hydrogen (secondary N) is 1. The minimum absolute atomic E-state index is 0.0246. The van der Waals surface area contributed by atoms with Gasteiger partial charge in [0.25, 0.3) is 0 Å². The molecule has 1 aromatic carbocycles. The van der Waals surface area contributed by atoms with Crippen LogP contribution in [0.4, 0.5) is 4.79 Å². The summed E-state index contributed by atoms with van der Waals surface area (Å²) in [6.45, 7) is 3.34. The van der Waals surface area contributed by atoms with Gasteiger partial charge in [0.1, 0.15) is 11.5 Å². The molecule has 128 valence electrons. The number of rotatable bonds is 7. The Bertz CT molecular complexity index is 513. The Hall–Kier alpha value is -1.91. The Morgan fingerprint density at radius 3 is 2.61 bits per heavy atom. The molecular formula is C18H28N2O3. The summed E-state index contributed by atoms with van der Waals surface area (Å²) in [6, 6.07) is 6.10. The standard InChI is InChI=1S/C18H28N2O3/c1-4-11-19-18(21)20(15-7-5-6-8-15)13-14-9-10-16(22-2)12-17(14)23-3/h9-10,12,15H,4-8,11,13H2,1-3H3,(H,19,21). The molecule has 0 atom stereocenters. The van der Waals surface area contributed by atoms with Crippen molar-refractivity contribution >= 4 is 6.03 Å². The van der Waals surface area contributed by atoms with Crippen LogP contribution in [0.3, 0.4) is 0 Å². The first kappa shape index (κ1) is 17.4. The lowest BCUT2D eigenvalue weighted by Crippen LogP contribution is -2.45. The van der Waals surface area contributed by atoms with Crippen molar-refractivity contribution in [2.75, 3.05) is 20.8 Å². The van der Waals surface area contributed by atoms with Crippen LogP contribution < -0.4 is 14.8 Å². The van der Waals surface area contributed by atoms with Gasteiger partial charge in [0, 0.05) is 24.2 Å². The van der Waals surface area contributed by atoms with Gasteiger partial charge in [-0.1, -0.05) is 19.8 Å². The first-order chi connectivity index (χ1) is 11.2. The highest BCUT2D eigenvalue weighted by atomic mass is 16.5. The molecular weight excluding hydrogens is 292 g/mol. The summed E-state index contributed by atoms with van der Waals surface area (Å²) >= 11 is 0. The molecule has 1 aliphatic carbocycles. The van der Waals surface area contributed by atoms with Crippen molar-refractivity contribution in [1.29, 1.82) is 0 Å². The van der Waals surface area contributed by atoms with E-state index in [-0.39, 0.29) is 6.03 Å². The summed E-state index contributed by atoms with van der Waals surface area (Å²) < 4.78 is 10.7. The van der Waals surface area contributed by atoms with Crippen molar-refractivity contribution in [1.82, 2.24) is 10.2 Å². The van der Waals surface area contributed by atoms with Gasteiger partial charge in [0.2, 0.25) is 0 Å². The fourth-order valence-electron chi connectivity index (χ4n) is 3.08. The quantitative estimate of drug-likeness (QED) is 0.835. The minimum atomic E-state index is 0.0246. The maximum Gasteiger partial charge on any atom is 0.317 e. The molecule has 0 aromatic heterocycles. The molecule has 1 aromatic rings. The maximum absolute atomic E-state index is 12.6.